The van der Waals surface area contributed by atoms with E-state index in [1.165, 1.54) is 37.0 Å². The number of carbonyl (C=O) groups excluding carboxylic acids is 1. The largest absolute Gasteiger partial charge is 0.494 e. The Hall–Kier alpha value is -4.26. The zero-order valence-electron chi connectivity index (χ0n) is 24.6. The molecule has 0 aliphatic heterocycles. The van der Waals surface area contributed by atoms with Gasteiger partial charge in [0.25, 0.3) is 0 Å². The maximum Gasteiger partial charge on any atom is 0.336 e. The Balaban J connectivity index is 1.27. The van der Waals surface area contributed by atoms with Gasteiger partial charge in [0.2, 0.25) is 0 Å². The summed E-state index contributed by atoms with van der Waals surface area (Å²) in [7, 11) is 0. The quantitative estimate of drug-likeness (QED) is 0.0466. The van der Waals surface area contributed by atoms with Crippen molar-refractivity contribution in [3.05, 3.63) is 89.0 Å². The number of nitrogen functional groups attached to an aromatic ring is 2. The number of nitrogens with two attached hydrogens (primary N) is 2. The first kappa shape index (κ1) is 32.3. The number of hydrogen-bond acceptors (Lipinski definition) is 6. The molecule has 5 N–H and O–H groups in total. The van der Waals surface area contributed by atoms with E-state index in [0.717, 1.165) is 56.3 Å². The van der Waals surface area contributed by atoms with Gasteiger partial charge >= 0.3 is 11.9 Å². The summed E-state index contributed by atoms with van der Waals surface area (Å²) in [5, 5.41) is 9.41. The van der Waals surface area contributed by atoms with E-state index in [-0.39, 0.29) is 5.56 Å². The summed E-state index contributed by atoms with van der Waals surface area (Å²) in [4.78, 5) is 23.7. The first-order chi connectivity index (χ1) is 20.4. The summed E-state index contributed by atoms with van der Waals surface area (Å²) in [5.41, 5.74) is 15.6. The summed E-state index contributed by atoms with van der Waals surface area (Å²) in [6.45, 7) is 2.83. The molecule has 7 heteroatoms. The second-order valence-electron chi connectivity index (χ2n) is 10.6. The van der Waals surface area contributed by atoms with Gasteiger partial charge in [-0.1, -0.05) is 69.7 Å². The number of anilines is 2. The second kappa shape index (κ2) is 17.5. The van der Waals surface area contributed by atoms with E-state index in [1.54, 1.807) is 12.1 Å². The van der Waals surface area contributed by atoms with Gasteiger partial charge in [-0.2, -0.15) is 0 Å². The number of ether oxygens (including phenoxy) is 2. The Morgan fingerprint density at radius 1 is 0.786 bits per heavy atom. The Morgan fingerprint density at radius 2 is 1.43 bits per heavy atom. The molecular weight excluding hydrogens is 528 g/mol. The van der Waals surface area contributed by atoms with Gasteiger partial charge in [-0.05, 0) is 91.3 Å². The molecule has 0 radical (unpaired) electrons. The van der Waals surface area contributed by atoms with Gasteiger partial charge in [-0.15, -0.1) is 0 Å². The molecule has 0 fully saturated rings. The summed E-state index contributed by atoms with van der Waals surface area (Å²) in [6.07, 6.45) is 14.5. The number of carbonyl (C=O) groups is 2. The predicted molar refractivity (Wildman–Crippen MR) is 170 cm³/mol. The lowest BCUT2D eigenvalue weighted by Crippen LogP contribution is -2.07. The van der Waals surface area contributed by atoms with Crippen molar-refractivity contribution in [1.82, 2.24) is 0 Å². The lowest BCUT2D eigenvalue weighted by molar-refractivity contribution is -0.128. The van der Waals surface area contributed by atoms with E-state index < -0.39 is 11.9 Å². The van der Waals surface area contributed by atoms with Gasteiger partial charge in [0, 0.05) is 17.5 Å². The van der Waals surface area contributed by atoms with Crippen molar-refractivity contribution in [2.45, 2.75) is 77.6 Å². The Morgan fingerprint density at radius 3 is 2.12 bits per heavy atom. The summed E-state index contributed by atoms with van der Waals surface area (Å²) in [5.74, 6) is -0.0623. The third-order valence-electron chi connectivity index (χ3n) is 7.13. The van der Waals surface area contributed by atoms with Crippen LogP contribution in [0.25, 0.3) is 6.08 Å². The van der Waals surface area contributed by atoms with Crippen molar-refractivity contribution in [3.8, 4) is 11.5 Å². The molecule has 0 atom stereocenters. The number of benzene rings is 3. The Bertz CT molecular complexity index is 1300. The van der Waals surface area contributed by atoms with E-state index in [1.807, 2.05) is 48.5 Å². The number of rotatable bonds is 18. The minimum atomic E-state index is -0.995. The molecule has 0 aliphatic rings. The topological polar surface area (TPSA) is 125 Å². The van der Waals surface area contributed by atoms with Crippen LogP contribution in [-0.2, 0) is 17.6 Å². The Kier molecular flexibility index (Phi) is 13.5. The highest BCUT2D eigenvalue weighted by molar-refractivity contribution is 5.92. The van der Waals surface area contributed by atoms with Crippen molar-refractivity contribution < 1.29 is 24.2 Å². The fraction of sp³-hybridized carbons (Fsp3) is 0.371. The molecule has 0 amide bonds. The van der Waals surface area contributed by atoms with Crippen LogP contribution >= 0.6 is 0 Å². The normalized spacial score (nSPS) is 11.1. The second-order valence-corrected chi connectivity index (χ2v) is 10.6. The molecule has 224 valence electrons. The number of aromatic carboxylic acids is 1. The number of unbranched alkanes of at least 4 members (excludes halogenated alkanes) is 7. The number of aryl methyl sites for hydroxylation is 1. The zero-order valence-corrected chi connectivity index (χ0v) is 24.6. The van der Waals surface area contributed by atoms with Gasteiger partial charge < -0.3 is 26.0 Å². The predicted octanol–water partition coefficient (Wildman–Crippen LogP) is 7.86. The monoisotopic (exact) mass is 572 g/mol. The highest BCUT2D eigenvalue weighted by Gasteiger charge is 2.14. The minimum Gasteiger partial charge on any atom is -0.494 e. The van der Waals surface area contributed by atoms with Gasteiger partial charge in [0.15, 0.2) is 0 Å². The van der Waals surface area contributed by atoms with Crippen LogP contribution in [-0.4, -0.2) is 23.7 Å². The number of carboxylic acids is 1. The van der Waals surface area contributed by atoms with E-state index in [0.29, 0.717) is 35.7 Å². The average Bonchev–Trinajstić information content (AvgIpc) is 2.97. The van der Waals surface area contributed by atoms with Crippen molar-refractivity contribution in [2.24, 2.45) is 0 Å². The lowest BCUT2D eigenvalue weighted by atomic mass is 9.98. The molecule has 0 heterocycles. The van der Waals surface area contributed by atoms with E-state index in [4.69, 9.17) is 20.9 Å². The van der Waals surface area contributed by atoms with Gasteiger partial charge in [-0.25, -0.2) is 9.59 Å². The van der Waals surface area contributed by atoms with Crippen LogP contribution in [0.1, 0.15) is 91.8 Å². The smallest absolute Gasteiger partial charge is 0.336 e. The molecule has 3 aromatic rings. The van der Waals surface area contributed by atoms with E-state index in [9.17, 15) is 14.7 Å². The van der Waals surface area contributed by atoms with Crippen LogP contribution in [0.15, 0.2) is 66.7 Å². The molecule has 3 aromatic carbocycles. The summed E-state index contributed by atoms with van der Waals surface area (Å²) in [6, 6.07) is 18.4. The molecule has 0 bridgehead atoms. The highest BCUT2D eigenvalue weighted by Crippen LogP contribution is 2.24. The van der Waals surface area contributed by atoms with E-state index in [2.05, 4.69) is 6.92 Å². The number of hydrogen-bond donors (Lipinski definition) is 3. The molecule has 0 unspecified atom stereocenters. The van der Waals surface area contributed by atoms with Crippen LogP contribution in [0.2, 0.25) is 0 Å². The van der Waals surface area contributed by atoms with Crippen LogP contribution in [0.5, 0.6) is 11.5 Å². The lowest BCUT2D eigenvalue weighted by Gasteiger charge is -2.11. The summed E-state index contributed by atoms with van der Waals surface area (Å²) >= 11 is 0. The number of esters is 1. The Labute approximate surface area is 249 Å². The molecular formula is C35H44N2O5. The van der Waals surface area contributed by atoms with Gasteiger partial charge in [0.1, 0.15) is 11.5 Å². The third-order valence-corrected chi connectivity index (χ3v) is 7.13. The molecule has 42 heavy (non-hydrogen) atoms. The maximum atomic E-state index is 12.2. The molecule has 0 saturated carbocycles. The zero-order chi connectivity index (χ0) is 30.2. The van der Waals surface area contributed by atoms with Crippen LogP contribution in [0.4, 0.5) is 11.4 Å². The highest BCUT2D eigenvalue weighted by atomic mass is 16.5. The molecule has 7 nitrogen and oxygen atoms in total. The SMILES string of the molecule is CCCCCc1ccc(OC(=O)C=Cc2ccc(OCCCCCCCCc3c(N)cc(N)cc3C(=O)O)cc2)cc1. The summed E-state index contributed by atoms with van der Waals surface area (Å²) < 4.78 is 11.3. The molecule has 0 spiro atoms. The fourth-order valence-corrected chi connectivity index (χ4v) is 4.78. The van der Waals surface area contributed by atoms with Gasteiger partial charge in [-0.3, -0.25) is 0 Å². The van der Waals surface area contributed by atoms with Crippen LogP contribution < -0.4 is 20.9 Å². The van der Waals surface area contributed by atoms with E-state index >= 15 is 0 Å². The standard InChI is InChI=1S/C35H44N2O5/c1-2-3-8-11-26-15-20-30(21-16-26)42-34(38)22-17-27-13-18-29(19-14-27)41-23-10-7-5-4-6-9-12-31-32(35(39)40)24-28(36)25-33(31)37/h13-22,24-25H,2-12,23,36-37H2,1H3,(H,39,40). The number of carboxylic acid groups (broad SMARTS) is 1. The minimum absolute atomic E-state index is 0.200. The fourth-order valence-electron chi connectivity index (χ4n) is 4.78. The maximum absolute atomic E-state index is 12.2. The molecule has 0 aliphatic carbocycles. The third kappa shape index (κ3) is 11.3. The van der Waals surface area contributed by atoms with Crippen LogP contribution in [0.3, 0.4) is 0 Å². The molecule has 0 aromatic heterocycles. The van der Waals surface area contributed by atoms with Crippen molar-refractivity contribution >= 4 is 29.4 Å². The molecule has 0 saturated heterocycles. The van der Waals surface area contributed by atoms with Crippen LogP contribution in [0, 0.1) is 0 Å². The van der Waals surface area contributed by atoms with Crippen molar-refractivity contribution in [2.75, 3.05) is 18.1 Å². The van der Waals surface area contributed by atoms with Gasteiger partial charge in [0.05, 0.1) is 12.2 Å². The van der Waals surface area contributed by atoms with Crippen molar-refractivity contribution in [3.63, 3.8) is 0 Å². The first-order valence-electron chi connectivity index (χ1n) is 15.0. The first-order valence-corrected chi connectivity index (χ1v) is 15.0. The average molecular weight is 573 g/mol. The molecule has 3 rings (SSSR count). The van der Waals surface area contributed by atoms with Crippen molar-refractivity contribution in [1.29, 1.82) is 0 Å².